The fourth-order valence-corrected chi connectivity index (χ4v) is 2.15. The van der Waals surface area contributed by atoms with Crippen LogP contribution in [-0.4, -0.2) is 29.6 Å². The molecule has 0 fully saturated rings. The van der Waals surface area contributed by atoms with Crippen molar-refractivity contribution in [1.29, 1.82) is 0 Å². The topological polar surface area (TPSA) is 23.5 Å². The van der Waals surface area contributed by atoms with Crippen LogP contribution in [0.5, 0.6) is 0 Å². The number of hydrogen-bond donors (Lipinski definition) is 1. The first-order chi connectivity index (χ1) is 9.67. The van der Waals surface area contributed by atoms with E-state index in [0.717, 1.165) is 26.1 Å². The van der Waals surface area contributed by atoms with E-state index in [1.54, 1.807) is 6.08 Å². The van der Waals surface area contributed by atoms with Crippen LogP contribution in [0.15, 0.2) is 54.3 Å². The van der Waals surface area contributed by atoms with Gasteiger partial charge in [-0.15, -0.1) is 0 Å². The Kier molecular flexibility index (Phi) is 7.74. The zero-order valence-corrected chi connectivity index (χ0v) is 12.9. The van der Waals surface area contributed by atoms with Gasteiger partial charge in [0.15, 0.2) is 0 Å². The van der Waals surface area contributed by atoms with E-state index in [2.05, 4.69) is 43.0 Å². The van der Waals surface area contributed by atoms with Crippen LogP contribution < -0.4 is 0 Å². The smallest absolute Gasteiger partial charge is 0.0963 e. The van der Waals surface area contributed by atoms with Crippen LogP contribution >= 0.6 is 0 Å². The van der Waals surface area contributed by atoms with E-state index >= 15 is 0 Å². The van der Waals surface area contributed by atoms with Crippen molar-refractivity contribution in [2.24, 2.45) is 5.92 Å². The Morgan fingerprint density at radius 3 is 2.60 bits per heavy atom. The Morgan fingerprint density at radius 2 is 2.00 bits per heavy atom. The van der Waals surface area contributed by atoms with Crippen molar-refractivity contribution in [2.45, 2.75) is 27.2 Å². The van der Waals surface area contributed by atoms with Gasteiger partial charge in [-0.05, 0) is 31.5 Å². The predicted octanol–water partition coefficient (Wildman–Crippen LogP) is 4.21. The van der Waals surface area contributed by atoms with Gasteiger partial charge in [0.25, 0.3) is 0 Å². The predicted molar refractivity (Wildman–Crippen MR) is 86.9 cm³/mol. The highest BCUT2D eigenvalue weighted by molar-refractivity contribution is 5.15. The molecule has 1 rings (SSSR count). The standard InChI is InChI=1S/C18H27NO/c1-4-6-12-18(20)16(3)15-19(5-2)14-13-17-10-8-7-9-11-17/h4,6-12,16,20H,5,13-15H2,1-3H3/b6-4-,18-12+. The van der Waals surface area contributed by atoms with E-state index in [1.165, 1.54) is 5.56 Å². The lowest BCUT2D eigenvalue weighted by Crippen LogP contribution is -2.31. The quantitative estimate of drug-likeness (QED) is 0.566. The molecule has 1 unspecified atom stereocenters. The van der Waals surface area contributed by atoms with E-state index < -0.39 is 0 Å². The summed E-state index contributed by atoms with van der Waals surface area (Å²) in [6.07, 6.45) is 6.65. The van der Waals surface area contributed by atoms with E-state index in [1.807, 2.05) is 25.1 Å². The van der Waals surface area contributed by atoms with Gasteiger partial charge in [-0.25, -0.2) is 0 Å². The van der Waals surface area contributed by atoms with Crippen molar-refractivity contribution >= 4 is 0 Å². The largest absolute Gasteiger partial charge is 0.512 e. The van der Waals surface area contributed by atoms with E-state index in [9.17, 15) is 5.11 Å². The van der Waals surface area contributed by atoms with Gasteiger partial charge in [0, 0.05) is 19.0 Å². The minimum atomic E-state index is 0.168. The van der Waals surface area contributed by atoms with Gasteiger partial charge in [0.1, 0.15) is 0 Å². The highest BCUT2D eigenvalue weighted by Gasteiger charge is 2.11. The Labute approximate surface area is 123 Å². The first-order valence-corrected chi connectivity index (χ1v) is 7.45. The third-order valence-electron chi connectivity index (χ3n) is 3.50. The Hall–Kier alpha value is -1.54. The number of likely N-dealkylation sites (N-methyl/N-ethyl adjacent to an activating group) is 1. The summed E-state index contributed by atoms with van der Waals surface area (Å²) in [4.78, 5) is 2.39. The molecule has 0 saturated heterocycles. The van der Waals surface area contributed by atoms with Gasteiger partial charge in [-0.1, -0.05) is 56.3 Å². The lowest BCUT2D eigenvalue weighted by atomic mass is 10.1. The Bertz CT molecular complexity index is 422. The van der Waals surface area contributed by atoms with Gasteiger partial charge in [0.2, 0.25) is 0 Å². The second-order valence-electron chi connectivity index (χ2n) is 5.15. The molecule has 1 atom stereocenters. The third-order valence-corrected chi connectivity index (χ3v) is 3.50. The van der Waals surface area contributed by atoms with Crippen molar-refractivity contribution < 1.29 is 5.11 Å². The van der Waals surface area contributed by atoms with Crippen LogP contribution in [0, 0.1) is 5.92 Å². The molecule has 1 aromatic carbocycles. The lowest BCUT2D eigenvalue weighted by Gasteiger charge is -2.24. The first kappa shape index (κ1) is 16.5. The van der Waals surface area contributed by atoms with Gasteiger partial charge < -0.3 is 10.0 Å². The molecule has 2 heteroatoms. The third kappa shape index (κ3) is 6.07. The molecular weight excluding hydrogens is 246 g/mol. The molecule has 0 heterocycles. The van der Waals surface area contributed by atoms with Gasteiger partial charge >= 0.3 is 0 Å². The zero-order chi connectivity index (χ0) is 14.8. The molecule has 0 spiro atoms. The molecule has 0 amide bonds. The van der Waals surface area contributed by atoms with E-state index in [0.29, 0.717) is 5.76 Å². The number of benzene rings is 1. The summed E-state index contributed by atoms with van der Waals surface area (Å²) in [5, 5.41) is 9.96. The summed E-state index contributed by atoms with van der Waals surface area (Å²) in [5.74, 6) is 0.628. The van der Waals surface area contributed by atoms with Crippen LogP contribution in [0.2, 0.25) is 0 Å². The molecule has 0 aliphatic rings. The Balaban J connectivity index is 2.46. The first-order valence-electron chi connectivity index (χ1n) is 7.45. The van der Waals surface area contributed by atoms with E-state index in [-0.39, 0.29) is 5.92 Å². The summed E-state index contributed by atoms with van der Waals surface area (Å²) in [6.45, 7) is 9.12. The number of aliphatic hydroxyl groups excluding tert-OH is 1. The van der Waals surface area contributed by atoms with Crippen molar-refractivity contribution in [3.63, 3.8) is 0 Å². The van der Waals surface area contributed by atoms with Crippen molar-refractivity contribution in [3.8, 4) is 0 Å². The van der Waals surface area contributed by atoms with Crippen molar-refractivity contribution in [3.05, 3.63) is 59.9 Å². The molecule has 0 aliphatic heterocycles. The SMILES string of the molecule is C/C=C\C=C(\O)C(C)CN(CC)CCc1ccccc1. The maximum Gasteiger partial charge on any atom is 0.0963 e. The number of rotatable bonds is 8. The molecule has 0 aliphatic carbocycles. The Morgan fingerprint density at radius 1 is 1.30 bits per heavy atom. The normalized spacial score (nSPS) is 14.1. The van der Waals surface area contributed by atoms with Gasteiger partial charge in [-0.2, -0.15) is 0 Å². The monoisotopic (exact) mass is 273 g/mol. The summed E-state index contributed by atoms with van der Waals surface area (Å²) >= 11 is 0. The molecule has 0 aromatic heterocycles. The molecule has 20 heavy (non-hydrogen) atoms. The maximum absolute atomic E-state index is 9.96. The van der Waals surface area contributed by atoms with Crippen molar-refractivity contribution in [1.82, 2.24) is 4.90 Å². The van der Waals surface area contributed by atoms with Crippen LogP contribution in [0.25, 0.3) is 0 Å². The summed E-state index contributed by atoms with van der Waals surface area (Å²) in [7, 11) is 0. The van der Waals surface area contributed by atoms with Crippen LogP contribution in [0.4, 0.5) is 0 Å². The van der Waals surface area contributed by atoms with Crippen LogP contribution in [0.3, 0.4) is 0 Å². The van der Waals surface area contributed by atoms with Crippen LogP contribution in [0.1, 0.15) is 26.3 Å². The average molecular weight is 273 g/mol. The number of nitrogens with zero attached hydrogens (tertiary/aromatic N) is 1. The molecule has 1 aromatic rings. The highest BCUT2D eigenvalue weighted by Crippen LogP contribution is 2.10. The minimum Gasteiger partial charge on any atom is -0.512 e. The van der Waals surface area contributed by atoms with Gasteiger partial charge in [0.05, 0.1) is 5.76 Å². The second-order valence-corrected chi connectivity index (χ2v) is 5.15. The molecule has 2 nitrogen and oxygen atoms in total. The fraction of sp³-hybridized carbons (Fsp3) is 0.444. The molecule has 0 radical (unpaired) electrons. The number of hydrogen-bond acceptors (Lipinski definition) is 2. The second kappa shape index (κ2) is 9.38. The summed E-state index contributed by atoms with van der Waals surface area (Å²) in [5.41, 5.74) is 1.37. The molecule has 1 N–H and O–H groups in total. The average Bonchev–Trinajstić information content (AvgIpc) is 2.49. The van der Waals surface area contributed by atoms with E-state index in [4.69, 9.17) is 0 Å². The van der Waals surface area contributed by atoms with Crippen molar-refractivity contribution in [2.75, 3.05) is 19.6 Å². The molecule has 0 saturated carbocycles. The fourth-order valence-electron chi connectivity index (χ4n) is 2.15. The summed E-state index contributed by atoms with van der Waals surface area (Å²) in [6, 6.07) is 10.6. The molecule has 110 valence electrons. The molecular formula is C18H27NO. The summed E-state index contributed by atoms with van der Waals surface area (Å²) < 4.78 is 0. The minimum absolute atomic E-state index is 0.168. The maximum atomic E-state index is 9.96. The van der Waals surface area contributed by atoms with Gasteiger partial charge in [-0.3, -0.25) is 0 Å². The van der Waals surface area contributed by atoms with Crippen LogP contribution in [-0.2, 0) is 6.42 Å². The lowest BCUT2D eigenvalue weighted by molar-refractivity contribution is 0.230. The highest BCUT2D eigenvalue weighted by atomic mass is 16.3. The zero-order valence-electron chi connectivity index (χ0n) is 12.9. The number of allylic oxidation sites excluding steroid dienone is 3. The number of aliphatic hydroxyl groups is 1. The molecule has 0 bridgehead atoms.